The van der Waals surface area contributed by atoms with E-state index in [1.54, 1.807) is 7.11 Å². The first-order valence-electron chi connectivity index (χ1n) is 6.44. The fourth-order valence-electron chi connectivity index (χ4n) is 2.45. The average Bonchev–Trinajstić information content (AvgIpc) is 2.82. The van der Waals surface area contributed by atoms with Crippen molar-refractivity contribution in [3.05, 3.63) is 23.8 Å². The van der Waals surface area contributed by atoms with E-state index in [1.807, 2.05) is 12.1 Å². The normalized spacial score (nSPS) is 16.3. The summed E-state index contributed by atoms with van der Waals surface area (Å²) in [7, 11) is 1.65. The van der Waals surface area contributed by atoms with Gasteiger partial charge in [-0.05, 0) is 63.0 Å². The molecule has 2 rings (SSSR count). The SMILES string of the molecule is COc1ccc(CCCN2CCCC2)cc1N. The van der Waals surface area contributed by atoms with E-state index in [1.165, 1.54) is 44.5 Å². The summed E-state index contributed by atoms with van der Waals surface area (Å²) in [6.07, 6.45) is 5.06. The Kier molecular flexibility index (Phi) is 4.26. The molecule has 3 nitrogen and oxygen atoms in total. The zero-order valence-electron chi connectivity index (χ0n) is 10.6. The van der Waals surface area contributed by atoms with Gasteiger partial charge in [0, 0.05) is 0 Å². The Balaban J connectivity index is 1.80. The van der Waals surface area contributed by atoms with Crippen LogP contribution in [0.5, 0.6) is 5.75 Å². The smallest absolute Gasteiger partial charge is 0.141 e. The Bertz CT molecular complexity index is 359. The van der Waals surface area contributed by atoms with E-state index in [4.69, 9.17) is 10.5 Å². The van der Waals surface area contributed by atoms with Crippen molar-refractivity contribution >= 4 is 5.69 Å². The van der Waals surface area contributed by atoms with Gasteiger partial charge in [-0.1, -0.05) is 6.07 Å². The van der Waals surface area contributed by atoms with Gasteiger partial charge >= 0.3 is 0 Å². The lowest BCUT2D eigenvalue weighted by molar-refractivity contribution is 0.334. The fourth-order valence-corrected chi connectivity index (χ4v) is 2.45. The van der Waals surface area contributed by atoms with E-state index < -0.39 is 0 Å². The summed E-state index contributed by atoms with van der Waals surface area (Å²) < 4.78 is 5.15. The van der Waals surface area contributed by atoms with Crippen LogP contribution in [0.1, 0.15) is 24.8 Å². The Morgan fingerprint density at radius 2 is 2.06 bits per heavy atom. The minimum Gasteiger partial charge on any atom is -0.495 e. The summed E-state index contributed by atoms with van der Waals surface area (Å²) >= 11 is 0. The molecule has 0 radical (unpaired) electrons. The van der Waals surface area contributed by atoms with Gasteiger partial charge in [-0.2, -0.15) is 0 Å². The van der Waals surface area contributed by atoms with Crippen molar-refractivity contribution in [2.45, 2.75) is 25.7 Å². The second kappa shape index (κ2) is 5.92. The standard InChI is InChI=1S/C14H22N2O/c1-17-14-7-6-12(11-13(14)15)5-4-10-16-8-2-3-9-16/h6-7,11H,2-5,8-10,15H2,1H3. The number of nitrogen functional groups attached to an aromatic ring is 1. The van der Waals surface area contributed by atoms with E-state index in [2.05, 4.69) is 11.0 Å². The molecule has 0 amide bonds. The lowest BCUT2D eigenvalue weighted by Crippen LogP contribution is -2.20. The highest BCUT2D eigenvalue weighted by molar-refractivity contribution is 5.54. The first kappa shape index (κ1) is 12.2. The lowest BCUT2D eigenvalue weighted by atomic mass is 10.1. The topological polar surface area (TPSA) is 38.5 Å². The zero-order chi connectivity index (χ0) is 12.1. The maximum absolute atomic E-state index is 5.89. The van der Waals surface area contributed by atoms with Gasteiger partial charge in [-0.3, -0.25) is 0 Å². The first-order chi connectivity index (χ1) is 8.29. The van der Waals surface area contributed by atoms with E-state index in [0.29, 0.717) is 0 Å². The maximum atomic E-state index is 5.89. The number of aryl methyl sites for hydroxylation is 1. The molecule has 1 fully saturated rings. The average molecular weight is 234 g/mol. The number of hydrogen-bond acceptors (Lipinski definition) is 3. The van der Waals surface area contributed by atoms with Crippen LogP contribution in [0, 0.1) is 0 Å². The molecule has 3 heteroatoms. The molecule has 0 spiro atoms. The number of nitrogens with two attached hydrogens (primary N) is 1. The second-order valence-electron chi connectivity index (χ2n) is 4.73. The molecule has 1 aliphatic rings. The highest BCUT2D eigenvalue weighted by atomic mass is 16.5. The third-order valence-electron chi connectivity index (χ3n) is 3.43. The van der Waals surface area contributed by atoms with Crippen LogP contribution in [-0.4, -0.2) is 31.6 Å². The molecular formula is C14H22N2O. The van der Waals surface area contributed by atoms with Gasteiger partial charge in [0.05, 0.1) is 12.8 Å². The molecular weight excluding hydrogens is 212 g/mol. The number of benzene rings is 1. The van der Waals surface area contributed by atoms with Gasteiger partial charge in [0.2, 0.25) is 0 Å². The molecule has 0 bridgehead atoms. The molecule has 1 aromatic carbocycles. The number of methoxy groups -OCH3 is 1. The van der Waals surface area contributed by atoms with Gasteiger partial charge in [-0.25, -0.2) is 0 Å². The molecule has 2 N–H and O–H groups in total. The summed E-state index contributed by atoms with van der Waals surface area (Å²) in [6.45, 7) is 3.78. The molecule has 17 heavy (non-hydrogen) atoms. The number of nitrogens with zero attached hydrogens (tertiary/aromatic N) is 1. The molecule has 1 saturated heterocycles. The lowest BCUT2D eigenvalue weighted by Gasteiger charge is -2.14. The van der Waals surface area contributed by atoms with E-state index >= 15 is 0 Å². The minimum absolute atomic E-state index is 0.742. The highest BCUT2D eigenvalue weighted by Crippen LogP contribution is 2.22. The van der Waals surface area contributed by atoms with Crippen LogP contribution in [0.2, 0.25) is 0 Å². The fraction of sp³-hybridized carbons (Fsp3) is 0.571. The Labute approximate surface area is 104 Å². The van der Waals surface area contributed by atoms with E-state index in [9.17, 15) is 0 Å². The number of rotatable bonds is 5. The third-order valence-corrected chi connectivity index (χ3v) is 3.43. The van der Waals surface area contributed by atoms with Gasteiger partial charge in [-0.15, -0.1) is 0 Å². The Morgan fingerprint density at radius 3 is 2.71 bits per heavy atom. The van der Waals surface area contributed by atoms with Gasteiger partial charge in [0.25, 0.3) is 0 Å². The molecule has 94 valence electrons. The number of hydrogen-bond donors (Lipinski definition) is 1. The van der Waals surface area contributed by atoms with Crippen LogP contribution in [0.15, 0.2) is 18.2 Å². The Hall–Kier alpha value is -1.22. The molecule has 0 aliphatic carbocycles. The van der Waals surface area contributed by atoms with Gasteiger partial charge in [0.1, 0.15) is 5.75 Å². The van der Waals surface area contributed by atoms with Crippen LogP contribution in [-0.2, 0) is 6.42 Å². The van der Waals surface area contributed by atoms with Crippen LogP contribution in [0.3, 0.4) is 0 Å². The highest BCUT2D eigenvalue weighted by Gasteiger charge is 2.10. The van der Waals surface area contributed by atoms with Crippen LogP contribution >= 0.6 is 0 Å². The third kappa shape index (κ3) is 3.37. The minimum atomic E-state index is 0.742. The predicted molar refractivity (Wildman–Crippen MR) is 71.4 cm³/mol. The van der Waals surface area contributed by atoms with Crippen molar-refractivity contribution in [2.24, 2.45) is 0 Å². The van der Waals surface area contributed by atoms with Crippen molar-refractivity contribution < 1.29 is 4.74 Å². The molecule has 0 atom stereocenters. The van der Waals surface area contributed by atoms with E-state index in [0.717, 1.165) is 17.9 Å². The molecule has 0 aromatic heterocycles. The summed E-state index contributed by atoms with van der Waals surface area (Å²) in [5.41, 5.74) is 7.94. The van der Waals surface area contributed by atoms with Crippen molar-refractivity contribution in [1.82, 2.24) is 4.90 Å². The summed E-state index contributed by atoms with van der Waals surface area (Å²) in [5, 5.41) is 0. The van der Waals surface area contributed by atoms with Gasteiger partial charge < -0.3 is 15.4 Å². The quantitative estimate of drug-likeness (QED) is 0.795. The first-order valence-corrected chi connectivity index (χ1v) is 6.44. The number of anilines is 1. The molecule has 1 aromatic rings. The molecule has 1 heterocycles. The second-order valence-corrected chi connectivity index (χ2v) is 4.73. The van der Waals surface area contributed by atoms with E-state index in [-0.39, 0.29) is 0 Å². The molecule has 0 saturated carbocycles. The van der Waals surface area contributed by atoms with Crippen molar-refractivity contribution in [3.63, 3.8) is 0 Å². The summed E-state index contributed by atoms with van der Waals surface area (Å²) in [6, 6.07) is 6.10. The van der Waals surface area contributed by atoms with Gasteiger partial charge in [0.15, 0.2) is 0 Å². The summed E-state index contributed by atoms with van der Waals surface area (Å²) in [4.78, 5) is 2.55. The summed E-state index contributed by atoms with van der Waals surface area (Å²) in [5.74, 6) is 0.772. The van der Waals surface area contributed by atoms with Crippen LogP contribution < -0.4 is 10.5 Å². The number of ether oxygens (including phenoxy) is 1. The zero-order valence-corrected chi connectivity index (χ0v) is 10.6. The monoisotopic (exact) mass is 234 g/mol. The largest absolute Gasteiger partial charge is 0.495 e. The number of likely N-dealkylation sites (tertiary alicyclic amines) is 1. The maximum Gasteiger partial charge on any atom is 0.141 e. The van der Waals surface area contributed by atoms with Crippen molar-refractivity contribution in [3.8, 4) is 5.75 Å². The van der Waals surface area contributed by atoms with Crippen LogP contribution in [0.25, 0.3) is 0 Å². The predicted octanol–water partition coefficient (Wildman–Crippen LogP) is 2.31. The van der Waals surface area contributed by atoms with Crippen molar-refractivity contribution in [1.29, 1.82) is 0 Å². The molecule has 0 unspecified atom stereocenters. The molecule has 1 aliphatic heterocycles. The van der Waals surface area contributed by atoms with Crippen molar-refractivity contribution in [2.75, 3.05) is 32.5 Å². The van der Waals surface area contributed by atoms with Crippen LogP contribution in [0.4, 0.5) is 5.69 Å². The Morgan fingerprint density at radius 1 is 1.29 bits per heavy atom.